The number of ether oxygens (including phenoxy) is 1. The van der Waals surface area contributed by atoms with Crippen LogP contribution in [0.5, 0.6) is 0 Å². The Morgan fingerprint density at radius 1 is 1.28 bits per heavy atom. The van der Waals surface area contributed by atoms with E-state index in [1.165, 1.54) is 0 Å². The molecule has 0 bridgehead atoms. The molecule has 0 spiro atoms. The van der Waals surface area contributed by atoms with Crippen LogP contribution in [0.3, 0.4) is 0 Å². The van der Waals surface area contributed by atoms with Crippen molar-refractivity contribution in [2.45, 2.75) is 46.8 Å². The first-order valence-electron chi connectivity index (χ1n) is 9.56. The maximum absolute atomic E-state index is 13.2. The van der Waals surface area contributed by atoms with Crippen molar-refractivity contribution in [2.24, 2.45) is 16.4 Å². The van der Waals surface area contributed by atoms with Crippen molar-refractivity contribution in [1.29, 1.82) is 0 Å². The molecule has 0 aromatic heterocycles. The molecule has 0 saturated heterocycles. The third-order valence-electron chi connectivity index (χ3n) is 5.84. The van der Waals surface area contributed by atoms with Gasteiger partial charge in [-0.25, -0.2) is 0 Å². The number of fused-ring (bicyclic) bond motifs is 1. The van der Waals surface area contributed by atoms with Gasteiger partial charge in [0.2, 0.25) is 0 Å². The minimum absolute atomic E-state index is 0.219. The second-order valence-electron chi connectivity index (χ2n) is 7.93. The topological polar surface area (TPSA) is 41.9 Å². The number of hydrogen-bond donors (Lipinski definition) is 0. The second-order valence-corrected chi connectivity index (χ2v) is 7.93. The van der Waals surface area contributed by atoms with Crippen molar-refractivity contribution in [3.05, 3.63) is 58.8 Å². The van der Waals surface area contributed by atoms with Crippen molar-refractivity contribution in [2.75, 3.05) is 6.61 Å². The number of carbonyl (C=O) groups is 1. The van der Waals surface area contributed by atoms with Gasteiger partial charge in [-0.2, -0.15) is 18.3 Å². The summed E-state index contributed by atoms with van der Waals surface area (Å²) in [5.74, 6) is -1.11. The Hall–Kier alpha value is -2.57. The highest BCUT2D eigenvalue weighted by molar-refractivity contribution is 6.13. The summed E-state index contributed by atoms with van der Waals surface area (Å²) in [6.07, 6.45) is -3.31. The fourth-order valence-corrected chi connectivity index (χ4v) is 3.96. The highest BCUT2D eigenvalue weighted by atomic mass is 19.4. The van der Waals surface area contributed by atoms with Gasteiger partial charge in [0.25, 0.3) is 0 Å². The molecule has 156 valence electrons. The average Bonchev–Trinajstić information content (AvgIpc) is 3.13. The summed E-state index contributed by atoms with van der Waals surface area (Å²) < 4.78 is 44.9. The second kappa shape index (κ2) is 7.35. The molecule has 7 heteroatoms. The van der Waals surface area contributed by atoms with Gasteiger partial charge >= 0.3 is 12.1 Å². The number of alkyl halides is 3. The van der Waals surface area contributed by atoms with E-state index in [0.717, 1.165) is 24.1 Å². The normalized spacial score (nSPS) is 23.9. The number of carbonyl (C=O) groups excluding carboxylic acids is 1. The van der Waals surface area contributed by atoms with Crippen LogP contribution in [0.15, 0.2) is 58.4 Å². The summed E-state index contributed by atoms with van der Waals surface area (Å²) in [4.78, 5) is 12.9. The number of rotatable bonds is 4. The SMILES string of the molecule is CCOC(=O)[C@@H]1C(c2ccccc2)=NN2C(/C=C(\C)C(F)(F)F)=C(C)C(C)(C)[C@@H]12. The molecule has 0 saturated carbocycles. The first kappa shape index (κ1) is 21.1. The first-order valence-corrected chi connectivity index (χ1v) is 9.56. The van der Waals surface area contributed by atoms with E-state index >= 15 is 0 Å². The number of nitrogens with zero attached hydrogens (tertiary/aromatic N) is 2. The van der Waals surface area contributed by atoms with E-state index in [-0.39, 0.29) is 6.61 Å². The highest BCUT2D eigenvalue weighted by Gasteiger charge is 2.56. The van der Waals surface area contributed by atoms with Crippen molar-refractivity contribution in [3.8, 4) is 0 Å². The minimum Gasteiger partial charge on any atom is -0.465 e. The third kappa shape index (κ3) is 3.58. The summed E-state index contributed by atoms with van der Waals surface area (Å²) in [6, 6.07) is 8.76. The Kier molecular flexibility index (Phi) is 5.36. The van der Waals surface area contributed by atoms with Crippen molar-refractivity contribution in [3.63, 3.8) is 0 Å². The van der Waals surface area contributed by atoms with E-state index in [0.29, 0.717) is 11.4 Å². The quantitative estimate of drug-likeness (QED) is 0.655. The molecule has 0 unspecified atom stereocenters. The smallest absolute Gasteiger partial charge is 0.412 e. The van der Waals surface area contributed by atoms with Crippen LogP contribution >= 0.6 is 0 Å². The lowest BCUT2D eigenvalue weighted by Gasteiger charge is -2.32. The highest BCUT2D eigenvalue weighted by Crippen LogP contribution is 2.51. The average molecular weight is 406 g/mol. The van der Waals surface area contributed by atoms with Crippen LogP contribution in [0.4, 0.5) is 13.2 Å². The van der Waals surface area contributed by atoms with E-state index in [1.54, 1.807) is 18.9 Å². The molecule has 0 aliphatic carbocycles. The minimum atomic E-state index is -4.43. The molecule has 2 heterocycles. The lowest BCUT2D eigenvalue weighted by atomic mass is 9.73. The molecule has 4 nitrogen and oxygen atoms in total. The molecule has 1 aromatic rings. The summed E-state index contributed by atoms with van der Waals surface area (Å²) >= 11 is 0. The van der Waals surface area contributed by atoms with Gasteiger partial charge in [-0.15, -0.1) is 0 Å². The Balaban J connectivity index is 2.16. The largest absolute Gasteiger partial charge is 0.465 e. The zero-order chi connectivity index (χ0) is 21.6. The summed E-state index contributed by atoms with van der Waals surface area (Å²) in [7, 11) is 0. The summed E-state index contributed by atoms with van der Waals surface area (Å²) in [5.41, 5.74) is 1.13. The Morgan fingerprint density at radius 2 is 1.90 bits per heavy atom. The lowest BCUT2D eigenvalue weighted by molar-refractivity contribution is -0.147. The van der Waals surface area contributed by atoms with Crippen molar-refractivity contribution in [1.82, 2.24) is 5.01 Å². The molecule has 0 amide bonds. The molecular formula is C22H25F3N2O2. The predicted molar refractivity (Wildman–Crippen MR) is 105 cm³/mol. The van der Waals surface area contributed by atoms with Crippen LogP contribution in [-0.2, 0) is 9.53 Å². The molecule has 2 aliphatic rings. The number of esters is 1. The van der Waals surface area contributed by atoms with E-state index < -0.39 is 35.1 Å². The molecule has 29 heavy (non-hydrogen) atoms. The first-order chi connectivity index (χ1) is 13.5. The molecule has 1 aromatic carbocycles. The Bertz CT molecular complexity index is 898. The molecule has 0 fully saturated rings. The molecule has 3 rings (SSSR count). The van der Waals surface area contributed by atoms with E-state index in [2.05, 4.69) is 5.10 Å². The van der Waals surface area contributed by atoms with Crippen molar-refractivity contribution < 1.29 is 22.7 Å². The summed E-state index contributed by atoms with van der Waals surface area (Å²) in [6.45, 7) is 8.65. The van der Waals surface area contributed by atoms with Crippen molar-refractivity contribution >= 4 is 11.7 Å². The third-order valence-corrected chi connectivity index (χ3v) is 5.84. The molecule has 0 N–H and O–H groups in total. The van der Waals surface area contributed by atoms with Gasteiger partial charge in [-0.3, -0.25) is 9.80 Å². The standard InChI is InChI=1S/C22H25F3N2O2/c1-6-29-20(28)17-18(15-10-8-7-9-11-15)26-27-16(12-13(2)22(23,24)25)14(3)21(4,5)19(17)27/h7-12,17,19H,6H2,1-5H3/b13-12+/t17-,19-/m1/s1. The maximum atomic E-state index is 13.2. The van der Waals surface area contributed by atoms with Crippen LogP contribution in [0.2, 0.25) is 0 Å². The molecule has 2 aliphatic heterocycles. The van der Waals surface area contributed by atoms with Crippen LogP contribution < -0.4 is 0 Å². The van der Waals surface area contributed by atoms with Gasteiger partial charge in [-0.1, -0.05) is 44.2 Å². The van der Waals surface area contributed by atoms with E-state index in [4.69, 9.17) is 4.74 Å². The van der Waals surface area contributed by atoms with Gasteiger partial charge in [0.1, 0.15) is 5.92 Å². The monoisotopic (exact) mass is 406 g/mol. The number of hydrazone groups is 1. The van der Waals surface area contributed by atoms with Crippen LogP contribution in [0, 0.1) is 11.3 Å². The Morgan fingerprint density at radius 3 is 2.45 bits per heavy atom. The van der Waals surface area contributed by atoms with Gasteiger partial charge in [0.05, 0.1) is 24.1 Å². The zero-order valence-electron chi connectivity index (χ0n) is 17.2. The van der Waals surface area contributed by atoms with Crippen LogP contribution in [-0.4, -0.2) is 35.5 Å². The van der Waals surface area contributed by atoms with E-state index in [9.17, 15) is 18.0 Å². The number of halogens is 3. The predicted octanol–water partition coefficient (Wildman–Crippen LogP) is 5.08. The van der Waals surface area contributed by atoms with Gasteiger partial charge < -0.3 is 4.74 Å². The number of hydrogen-bond acceptors (Lipinski definition) is 4. The molecule has 2 atom stereocenters. The zero-order valence-corrected chi connectivity index (χ0v) is 17.2. The lowest BCUT2D eigenvalue weighted by Crippen LogP contribution is -2.44. The van der Waals surface area contributed by atoms with E-state index in [1.807, 2.05) is 44.2 Å². The maximum Gasteiger partial charge on any atom is 0.412 e. The van der Waals surface area contributed by atoms with Crippen LogP contribution in [0.25, 0.3) is 0 Å². The molecular weight excluding hydrogens is 381 g/mol. The van der Waals surface area contributed by atoms with Crippen LogP contribution in [0.1, 0.15) is 40.2 Å². The fraction of sp³-hybridized carbons (Fsp3) is 0.455. The summed E-state index contributed by atoms with van der Waals surface area (Å²) in [5, 5.41) is 6.22. The van der Waals surface area contributed by atoms with Gasteiger partial charge in [0.15, 0.2) is 0 Å². The fourth-order valence-electron chi connectivity index (χ4n) is 3.96. The van der Waals surface area contributed by atoms with Gasteiger partial charge in [0, 0.05) is 11.0 Å². The Labute approximate surface area is 168 Å². The molecule has 0 radical (unpaired) electrons. The number of benzene rings is 1. The number of allylic oxidation sites excluding steroid dienone is 2. The van der Waals surface area contributed by atoms with Gasteiger partial charge in [-0.05, 0) is 38.0 Å².